The summed E-state index contributed by atoms with van der Waals surface area (Å²) in [5.41, 5.74) is 3.65. The molecule has 2 aromatic carbocycles. The zero-order valence-corrected chi connectivity index (χ0v) is 21.6. The first kappa shape index (κ1) is 26.1. The largest absolute Gasteiger partial charge is 0.507 e. The third-order valence-electron chi connectivity index (χ3n) is 6.52. The van der Waals surface area contributed by atoms with E-state index in [1.807, 2.05) is 37.4 Å². The van der Waals surface area contributed by atoms with Crippen LogP contribution in [0.3, 0.4) is 0 Å². The number of amides is 1. The number of nitrogens with zero attached hydrogens (tertiary/aromatic N) is 4. The molecule has 0 aliphatic carbocycles. The summed E-state index contributed by atoms with van der Waals surface area (Å²) in [5, 5.41) is 31.8. The van der Waals surface area contributed by atoms with Gasteiger partial charge in [0.1, 0.15) is 12.0 Å². The van der Waals surface area contributed by atoms with Gasteiger partial charge in [0.25, 0.3) is 5.91 Å². The summed E-state index contributed by atoms with van der Waals surface area (Å²) in [5.74, 6) is -0.822. The molecule has 0 saturated heterocycles. The minimum Gasteiger partial charge on any atom is -0.507 e. The van der Waals surface area contributed by atoms with Crippen LogP contribution in [0.2, 0.25) is 0 Å². The number of aliphatic hydroxyl groups is 1. The van der Waals surface area contributed by atoms with Gasteiger partial charge in [-0.25, -0.2) is 13.1 Å². The number of carbonyl (C=O) groups is 1. The molecule has 0 aliphatic heterocycles. The second-order valence-electron chi connectivity index (χ2n) is 9.23. The summed E-state index contributed by atoms with van der Waals surface area (Å²) < 4.78 is 26.9. The third kappa shape index (κ3) is 5.57. The molecule has 0 aliphatic rings. The van der Waals surface area contributed by atoms with Crippen molar-refractivity contribution in [3.05, 3.63) is 78.8 Å². The van der Waals surface area contributed by atoms with E-state index in [1.54, 1.807) is 35.4 Å². The lowest BCUT2D eigenvalue weighted by atomic mass is 10.0. The van der Waals surface area contributed by atoms with Crippen LogP contribution in [-0.2, 0) is 16.9 Å². The van der Waals surface area contributed by atoms with Crippen molar-refractivity contribution >= 4 is 15.7 Å². The van der Waals surface area contributed by atoms with Crippen LogP contribution in [0.15, 0.2) is 73.2 Å². The van der Waals surface area contributed by atoms with Gasteiger partial charge in [-0.2, -0.15) is 10.2 Å². The number of phenolic OH excluding ortho intramolecular Hbond substituents is 1. The molecule has 2 aromatic heterocycles. The fraction of sp³-hybridized carbons (Fsp3) is 0.269. The van der Waals surface area contributed by atoms with Gasteiger partial charge in [-0.05, 0) is 36.2 Å². The molecule has 1 amide bonds. The van der Waals surface area contributed by atoms with Crippen LogP contribution in [0, 0.1) is 0 Å². The molecule has 2 heterocycles. The van der Waals surface area contributed by atoms with Gasteiger partial charge < -0.3 is 15.5 Å². The number of sulfone groups is 1. The number of rotatable bonds is 9. The van der Waals surface area contributed by atoms with Crippen molar-refractivity contribution in [2.24, 2.45) is 7.05 Å². The molecule has 37 heavy (non-hydrogen) atoms. The normalized spacial score (nSPS) is 14.2. The number of aryl methyl sites for hydroxylation is 1. The number of aromatic nitrogens is 4. The van der Waals surface area contributed by atoms with Gasteiger partial charge in [-0.3, -0.25) is 9.48 Å². The molecule has 10 nitrogen and oxygen atoms in total. The van der Waals surface area contributed by atoms with Crippen LogP contribution < -0.4 is 5.32 Å². The van der Waals surface area contributed by atoms with E-state index in [2.05, 4.69) is 15.5 Å². The maximum Gasteiger partial charge on any atom is 0.255 e. The van der Waals surface area contributed by atoms with E-state index in [1.165, 1.54) is 23.7 Å². The smallest absolute Gasteiger partial charge is 0.255 e. The Morgan fingerprint density at radius 1 is 1.05 bits per heavy atom. The summed E-state index contributed by atoms with van der Waals surface area (Å²) >= 11 is 0. The van der Waals surface area contributed by atoms with Crippen molar-refractivity contribution in [3.8, 4) is 28.1 Å². The molecular weight excluding hydrogens is 494 g/mol. The number of benzene rings is 2. The monoisotopic (exact) mass is 523 g/mol. The topological polar surface area (TPSA) is 139 Å². The van der Waals surface area contributed by atoms with E-state index in [0.717, 1.165) is 28.6 Å². The Balaban J connectivity index is 1.48. The third-order valence-corrected chi connectivity index (χ3v) is 8.62. The Morgan fingerprint density at radius 3 is 2.35 bits per heavy atom. The predicted octanol–water partition coefficient (Wildman–Crippen LogP) is 2.77. The first-order valence-electron chi connectivity index (χ1n) is 11.6. The van der Waals surface area contributed by atoms with Crippen molar-refractivity contribution in [2.45, 2.75) is 24.3 Å². The second-order valence-corrected chi connectivity index (χ2v) is 11.8. The standard InChI is InChI=1S/C26H29N5O5S/c1-26(37(3,35)36,17-27-25(34)21-6-4-5-7-23(21)32)14-24(33)31-16-20(15-29-31)18-8-10-19(11-9-18)22-12-13-28-30(22)2/h4-13,15-16,24,32-33H,14,17H2,1-3H3,(H,27,34). The van der Waals surface area contributed by atoms with Crippen LogP contribution in [-0.4, -0.2) is 61.6 Å². The summed E-state index contributed by atoms with van der Waals surface area (Å²) in [6.45, 7) is 1.19. The molecule has 0 fully saturated rings. The number of phenols is 1. The lowest BCUT2D eigenvalue weighted by Crippen LogP contribution is -2.47. The minimum atomic E-state index is -3.72. The van der Waals surface area contributed by atoms with Crippen molar-refractivity contribution in [1.82, 2.24) is 24.9 Å². The van der Waals surface area contributed by atoms with E-state index in [9.17, 15) is 23.4 Å². The van der Waals surface area contributed by atoms with Gasteiger partial charge in [-0.1, -0.05) is 36.4 Å². The number of hydrogen-bond acceptors (Lipinski definition) is 7. The molecule has 3 N–H and O–H groups in total. The molecular formula is C26H29N5O5S. The Hall–Kier alpha value is -3.96. The minimum absolute atomic E-state index is 0.0324. The van der Waals surface area contributed by atoms with Gasteiger partial charge in [-0.15, -0.1) is 0 Å². The van der Waals surface area contributed by atoms with Gasteiger partial charge in [0.2, 0.25) is 0 Å². The lowest BCUT2D eigenvalue weighted by molar-refractivity contribution is 0.0689. The SMILES string of the molecule is Cn1nccc1-c1ccc(-c2cnn(C(O)CC(C)(CNC(=O)c3ccccc3O)S(C)(=O)=O)c2)cc1. The maximum atomic E-state index is 12.7. The summed E-state index contributed by atoms with van der Waals surface area (Å²) in [4.78, 5) is 12.5. The molecule has 2 unspecified atom stereocenters. The average Bonchev–Trinajstić information content (AvgIpc) is 3.52. The van der Waals surface area contributed by atoms with Gasteiger partial charge in [0, 0.05) is 44.2 Å². The molecule has 0 spiro atoms. The highest BCUT2D eigenvalue weighted by molar-refractivity contribution is 7.92. The fourth-order valence-corrected chi connectivity index (χ4v) is 4.79. The number of aromatic hydroxyl groups is 1. The maximum absolute atomic E-state index is 12.7. The summed E-state index contributed by atoms with van der Waals surface area (Å²) in [7, 11) is -1.85. The molecule has 11 heteroatoms. The highest BCUT2D eigenvalue weighted by atomic mass is 32.2. The lowest BCUT2D eigenvalue weighted by Gasteiger charge is -2.30. The van der Waals surface area contributed by atoms with Crippen molar-refractivity contribution in [1.29, 1.82) is 0 Å². The van der Waals surface area contributed by atoms with Crippen LogP contribution >= 0.6 is 0 Å². The number of aliphatic hydroxyl groups excluding tert-OH is 1. The Kier molecular flexibility index (Phi) is 7.19. The molecule has 4 rings (SSSR count). The van der Waals surface area contributed by atoms with E-state index in [0.29, 0.717) is 0 Å². The fourth-order valence-electron chi connectivity index (χ4n) is 4.00. The quantitative estimate of drug-likeness (QED) is 0.307. The van der Waals surface area contributed by atoms with Crippen molar-refractivity contribution in [2.75, 3.05) is 12.8 Å². The van der Waals surface area contributed by atoms with Gasteiger partial charge >= 0.3 is 0 Å². The highest BCUT2D eigenvalue weighted by Crippen LogP contribution is 2.29. The van der Waals surface area contributed by atoms with Gasteiger partial charge in [0.05, 0.1) is 22.2 Å². The summed E-state index contributed by atoms with van der Waals surface area (Å²) in [6, 6.07) is 15.7. The van der Waals surface area contributed by atoms with E-state index >= 15 is 0 Å². The molecule has 4 aromatic rings. The molecule has 2 atom stereocenters. The zero-order valence-electron chi connectivity index (χ0n) is 20.7. The second kappa shape index (κ2) is 10.2. The Morgan fingerprint density at radius 2 is 1.73 bits per heavy atom. The Bertz CT molecular complexity index is 1510. The highest BCUT2D eigenvalue weighted by Gasteiger charge is 2.39. The number of hydrogen-bond donors (Lipinski definition) is 3. The van der Waals surface area contributed by atoms with Gasteiger partial charge in [0.15, 0.2) is 9.84 Å². The van der Waals surface area contributed by atoms with Crippen molar-refractivity contribution in [3.63, 3.8) is 0 Å². The van der Waals surface area contributed by atoms with Crippen LogP contribution in [0.1, 0.15) is 29.9 Å². The van der Waals surface area contributed by atoms with Crippen LogP contribution in [0.25, 0.3) is 22.4 Å². The predicted molar refractivity (Wildman–Crippen MR) is 139 cm³/mol. The first-order valence-corrected chi connectivity index (χ1v) is 13.4. The van der Waals surface area contributed by atoms with E-state index in [4.69, 9.17) is 0 Å². The zero-order chi connectivity index (χ0) is 26.8. The average molecular weight is 524 g/mol. The van der Waals surface area contributed by atoms with Crippen LogP contribution in [0.4, 0.5) is 0 Å². The van der Waals surface area contributed by atoms with Crippen molar-refractivity contribution < 1.29 is 23.4 Å². The van der Waals surface area contributed by atoms with E-state index < -0.39 is 26.7 Å². The number of nitrogens with one attached hydrogen (secondary N) is 1. The van der Waals surface area contributed by atoms with E-state index in [-0.39, 0.29) is 24.3 Å². The number of para-hydroxylation sites is 1. The van der Waals surface area contributed by atoms with Crippen LogP contribution in [0.5, 0.6) is 5.75 Å². The number of carbonyl (C=O) groups excluding carboxylic acids is 1. The molecule has 194 valence electrons. The molecule has 0 saturated carbocycles. The molecule has 0 radical (unpaired) electrons. The molecule has 0 bridgehead atoms. The Labute approximate surface area is 215 Å². The first-order chi connectivity index (χ1) is 17.5. The summed E-state index contributed by atoms with van der Waals surface area (Å²) in [6.07, 6.45) is 4.56.